The van der Waals surface area contributed by atoms with Crippen LogP contribution >= 0.6 is 11.6 Å². The highest BCUT2D eigenvalue weighted by Gasteiger charge is 2.11. The van der Waals surface area contributed by atoms with Gasteiger partial charge in [-0.3, -0.25) is 4.68 Å². The highest BCUT2D eigenvalue weighted by molar-refractivity contribution is 6.31. The smallest absolute Gasteiger partial charge is 0.131 e. The molecule has 1 aromatic carbocycles. The molecule has 0 fully saturated rings. The van der Waals surface area contributed by atoms with Crippen molar-refractivity contribution in [3.8, 4) is 5.75 Å². The molecule has 0 amide bonds. The van der Waals surface area contributed by atoms with Crippen LogP contribution in [-0.4, -0.2) is 9.78 Å². The highest BCUT2D eigenvalue weighted by Crippen LogP contribution is 2.21. The van der Waals surface area contributed by atoms with Crippen molar-refractivity contribution in [3.63, 3.8) is 0 Å². The number of rotatable bonds is 4. The molecule has 2 aromatic rings. The van der Waals surface area contributed by atoms with E-state index in [2.05, 4.69) is 5.10 Å². The third kappa shape index (κ3) is 2.66. The first-order valence-electron chi connectivity index (χ1n) is 5.71. The van der Waals surface area contributed by atoms with Gasteiger partial charge in [0.05, 0.1) is 16.4 Å². The van der Waals surface area contributed by atoms with Crippen LogP contribution in [0.2, 0.25) is 5.02 Å². The molecule has 2 rings (SSSR count). The molecule has 0 spiro atoms. The van der Waals surface area contributed by atoms with E-state index in [0.29, 0.717) is 18.2 Å². The molecule has 2 N–H and O–H groups in total. The Balaban J connectivity index is 2.06. The van der Waals surface area contributed by atoms with Crippen molar-refractivity contribution in [3.05, 3.63) is 46.2 Å². The van der Waals surface area contributed by atoms with Gasteiger partial charge in [0.1, 0.15) is 12.4 Å². The minimum atomic E-state index is 0.401. The molecule has 0 saturated heterocycles. The fraction of sp³-hybridized carbons (Fsp3) is 0.308. The number of benzene rings is 1. The third-order valence-corrected chi connectivity index (χ3v) is 3.29. The number of hydrogen-bond donors (Lipinski definition) is 1. The molecule has 0 atom stereocenters. The molecule has 0 unspecified atom stereocenters. The van der Waals surface area contributed by atoms with Gasteiger partial charge >= 0.3 is 0 Å². The van der Waals surface area contributed by atoms with Crippen LogP contribution in [0.1, 0.15) is 17.0 Å². The Labute approximate surface area is 111 Å². The van der Waals surface area contributed by atoms with Gasteiger partial charge in [-0.1, -0.05) is 23.7 Å². The Morgan fingerprint density at radius 1 is 1.33 bits per heavy atom. The summed E-state index contributed by atoms with van der Waals surface area (Å²) in [5.74, 6) is 0.794. The van der Waals surface area contributed by atoms with Crippen LogP contribution in [0.25, 0.3) is 0 Å². The summed E-state index contributed by atoms with van der Waals surface area (Å²) in [6.45, 7) is 2.81. The first-order chi connectivity index (χ1) is 8.61. The Kier molecular flexibility index (Phi) is 3.89. The topological polar surface area (TPSA) is 53.1 Å². The summed E-state index contributed by atoms with van der Waals surface area (Å²) in [7, 11) is 1.86. The minimum absolute atomic E-state index is 0.401. The molecule has 0 saturated carbocycles. The first-order valence-corrected chi connectivity index (χ1v) is 6.09. The van der Waals surface area contributed by atoms with Crippen molar-refractivity contribution >= 4 is 11.6 Å². The van der Waals surface area contributed by atoms with Crippen LogP contribution in [0.15, 0.2) is 24.3 Å². The predicted octanol–water partition coefficient (Wildman–Crippen LogP) is 2.42. The highest BCUT2D eigenvalue weighted by atomic mass is 35.5. The van der Waals surface area contributed by atoms with E-state index in [9.17, 15) is 0 Å². The molecule has 0 aliphatic heterocycles. The average Bonchev–Trinajstić information content (AvgIpc) is 2.62. The van der Waals surface area contributed by atoms with Crippen molar-refractivity contribution in [1.29, 1.82) is 0 Å². The lowest BCUT2D eigenvalue weighted by Crippen LogP contribution is -2.03. The molecule has 0 radical (unpaired) electrons. The van der Waals surface area contributed by atoms with E-state index in [4.69, 9.17) is 22.1 Å². The second-order valence-corrected chi connectivity index (χ2v) is 4.48. The van der Waals surface area contributed by atoms with E-state index < -0.39 is 0 Å². The summed E-state index contributed by atoms with van der Waals surface area (Å²) < 4.78 is 7.42. The molecule has 18 heavy (non-hydrogen) atoms. The van der Waals surface area contributed by atoms with E-state index in [0.717, 1.165) is 22.7 Å². The summed E-state index contributed by atoms with van der Waals surface area (Å²) in [4.78, 5) is 0. The summed E-state index contributed by atoms with van der Waals surface area (Å²) in [5, 5.41) is 4.90. The number of nitrogens with two attached hydrogens (primary N) is 1. The van der Waals surface area contributed by atoms with Gasteiger partial charge in [-0.2, -0.15) is 5.10 Å². The van der Waals surface area contributed by atoms with Crippen LogP contribution < -0.4 is 10.5 Å². The predicted molar refractivity (Wildman–Crippen MR) is 71.6 cm³/mol. The van der Waals surface area contributed by atoms with Gasteiger partial charge in [-0.25, -0.2) is 0 Å². The number of aryl methyl sites for hydroxylation is 2. The first kappa shape index (κ1) is 12.9. The van der Waals surface area contributed by atoms with Crippen molar-refractivity contribution in [2.45, 2.75) is 20.1 Å². The van der Waals surface area contributed by atoms with Crippen molar-refractivity contribution < 1.29 is 4.74 Å². The maximum Gasteiger partial charge on any atom is 0.131 e. The molecule has 96 valence electrons. The van der Waals surface area contributed by atoms with Crippen molar-refractivity contribution in [1.82, 2.24) is 9.78 Å². The van der Waals surface area contributed by atoms with Crippen LogP contribution in [0, 0.1) is 6.92 Å². The quantitative estimate of drug-likeness (QED) is 0.924. The summed E-state index contributed by atoms with van der Waals surface area (Å²) in [6, 6.07) is 7.70. The number of hydrogen-bond acceptors (Lipinski definition) is 3. The molecule has 0 aliphatic rings. The minimum Gasteiger partial charge on any atom is -0.487 e. The molecule has 1 aromatic heterocycles. The van der Waals surface area contributed by atoms with Gasteiger partial charge in [0.25, 0.3) is 0 Å². The van der Waals surface area contributed by atoms with Gasteiger partial charge in [-0.15, -0.1) is 0 Å². The molecular formula is C13H16ClN3O. The van der Waals surface area contributed by atoms with Crippen LogP contribution in [-0.2, 0) is 20.2 Å². The average molecular weight is 266 g/mol. The summed E-state index contributed by atoms with van der Waals surface area (Å²) in [6.07, 6.45) is 0. The van der Waals surface area contributed by atoms with Crippen LogP contribution in [0.4, 0.5) is 0 Å². The van der Waals surface area contributed by atoms with Crippen molar-refractivity contribution in [2.75, 3.05) is 0 Å². The molecule has 4 nitrogen and oxygen atoms in total. The zero-order chi connectivity index (χ0) is 13.1. The largest absolute Gasteiger partial charge is 0.487 e. The molecule has 5 heteroatoms. The molecule has 1 heterocycles. The lowest BCUT2D eigenvalue weighted by molar-refractivity contribution is 0.295. The van der Waals surface area contributed by atoms with E-state index in [1.807, 2.05) is 38.2 Å². The maximum absolute atomic E-state index is 6.15. The zero-order valence-electron chi connectivity index (χ0n) is 10.5. The zero-order valence-corrected chi connectivity index (χ0v) is 11.2. The normalized spacial score (nSPS) is 10.7. The van der Waals surface area contributed by atoms with Gasteiger partial charge in [0.2, 0.25) is 0 Å². The van der Waals surface area contributed by atoms with Crippen LogP contribution in [0.5, 0.6) is 5.75 Å². The number of halogens is 1. The van der Waals surface area contributed by atoms with E-state index in [1.165, 1.54) is 0 Å². The van der Waals surface area contributed by atoms with Gasteiger partial charge in [0.15, 0.2) is 0 Å². The van der Waals surface area contributed by atoms with Crippen LogP contribution in [0.3, 0.4) is 0 Å². The lowest BCUT2D eigenvalue weighted by Gasteiger charge is -2.07. The van der Waals surface area contributed by atoms with Gasteiger partial charge < -0.3 is 10.5 Å². The maximum atomic E-state index is 6.15. The fourth-order valence-electron chi connectivity index (χ4n) is 1.71. The second-order valence-electron chi connectivity index (χ2n) is 4.11. The Hall–Kier alpha value is -1.52. The summed E-state index contributed by atoms with van der Waals surface area (Å²) in [5.41, 5.74) is 8.31. The van der Waals surface area contributed by atoms with E-state index >= 15 is 0 Å². The Bertz CT molecular complexity index is 534. The van der Waals surface area contributed by atoms with Gasteiger partial charge in [0, 0.05) is 13.6 Å². The van der Waals surface area contributed by atoms with Gasteiger partial charge in [-0.05, 0) is 24.6 Å². The number of ether oxygens (including phenoxy) is 1. The van der Waals surface area contributed by atoms with E-state index in [-0.39, 0.29) is 0 Å². The fourth-order valence-corrected chi connectivity index (χ4v) is 1.93. The molecule has 0 aliphatic carbocycles. The molecule has 0 bridgehead atoms. The Morgan fingerprint density at radius 3 is 2.50 bits per heavy atom. The third-order valence-electron chi connectivity index (χ3n) is 2.80. The van der Waals surface area contributed by atoms with Crippen molar-refractivity contribution in [2.24, 2.45) is 12.8 Å². The molecular weight excluding hydrogens is 250 g/mol. The number of nitrogens with zero attached hydrogens (tertiary/aromatic N) is 2. The lowest BCUT2D eigenvalue weighted by atomic mass is 10.2. The SMILES string of the molecule is Cc1nn(C)c(COc2ccc(CN)cc2)c1Cl. The summed E-state index contributed by atoms with van der Waals surface area (Å²) >= 11 is 6.15. The Morgan fingerprint density at radius 2 is 2.00 bits per heavy atom. The van der Waals surface area contributed by atoms with E-state index in [1.54, 1.807) is 4.68 Å². The standard InChI is InChI=1S/C13H16ClN3O/c1-9-13(14)12(17(2)16-9)8-18-11-5-3-10(7-15)4-6-11/h3-6H,7-8,15H2,1-2H3. The second kappa shape index (κ2) is 5.42. The monoisotopic (exact) mass is 265 g/mol. The number of aromatic nitrogens is 2.